The van der Waals surface area contributed by atoms with Crippen LogP contribution in [0.5, 0.6) is 5.75 Å². The fraction of sp³-hybridized carbons (Fsp3) is 0.429. The Bertz CT molecular complexity index is 500. The lowest BCUT2D eigenvalue weighted by molar-refractivity contribution is -0.123. The largest absolute Gasteiger partial charge is 0.496 e. The van der Waals surface area contributed by atoms with E-state index in [0.29, 0.717) is 17.0 Å². The summed E-state index contributed by atoms with van der Waals surface area (Å²) in [5, 5.41) is 5.35. The number of carbonyl (C=O) groups is 2. The number of ether oxygens (including phenoxy) is 1. The predicted molar refractivity (Wildman–Crippen MR) is 77.6 cm³/mol. The molecule has 20 heavy (non-hydrogen) atoms. The number of hydrogen-bond donors (Lipinski definition) is 3. The quantitative estimate of drug-likeness (QED) is 0.699. The van der Waals surface area contributed by atoms with Gasteiger partial charge in [-0.05, 0) is 39.0 Å². The van der Waals surface area contributed by atoms with E-state index < -0.39 is 11.9 Å². The van der Waals surface area contributed by atoms with E-state index in [4.69, 9.17) is 10.5 Å². The maximum absolute atomic E-state index is 12.2. The van der Waals surface area contributed by atoms with Crippen molar-refractivity contribution in [1.82, 2.24) is 10.6 Å². The molecule has 0 aliphatic heterocycles. The maximum Gasteiger partial charge on any atom is 0.255 e. The standard InChI is InChI=1S/C14H21N3O3/c1-8(2)16-13(18)9(3)17-14(19)11-7-10(15)5-6-12(11)20-4/h5-9H,15H2,1-4H3,(H,16,18)(H,17,19). The van der Waals surface area contributed by atoms with E-state index in [1.165, 1.54) is 13.2 Å². The number of anilines is 1. The summed E-state index contributed by atoms with van der Waals surface area (Å²) in [6.07, 6.45) is 0. The van der Waals surface area contributed by atoms with Gasteiger partial charge in [0.05, 0.1) is 12.7 Å². The molecule has 110 valence electrons. The first-order valence-corrected chi connectivity index (χ1v) is 6.40. The first kappa shape index (κ1) is 15.8. The summed E-state index contributed by atoms with van der Waals surface area (Å²) in [5.41, 5.74) is 6.42. The summed E-state index contributed by atoms with van der Waals surface area (Å²) >= 11 is 0. The lowest BCUT2D eigenvalue weighted by Gasteiger charge is -2.17. The molecule has 6 heteroatoms. The molecule has 2 amide bonds. The second-order valence-electron chi connectivity index (χ2n) is 4.82. The molecule has 1 unspecified atom stereocenters. The number of nitrogen functional groups attached to an aromatic ring is 1. The van der Waals surface area contributed by atoms with Gasteiger partial charge in [-0.15, -0.1) is 0 Å². The molecule has 1 atom stereocenters. The number of hydrogen-bond acceptors (Lipinski definition) is 4. The van der Waals surface area contributed by atoms with Crippen molar-refractivity contribution in [2.45, 2.75) is 32.9 Å². The Morgan fingerprint density at radius 2 is 1.85 bits per heavy atom. The zero-order valence-corrected chi connectivity index (χ0v) is 12.2. The van der Waals surface area contributed by atoms with Crippen molar-refractivity contribution in [2.75, 3.05) is 12.8 Å². The molecule has 4 N–H and O–H groups in total. The highest BCUT2D eigenvalue weighted by Gasteiger charge is 2.19. The highest BCUT2D eigenvalue weighted by Crippen LogP contribution is 2.20. The fourth-order valence-electron chi connectivity index (χ4n) is 1.65. The minimum absolute atomic E-state index is 0.0174. The topological polar surface area (TPSA) is 93.4 Å². The van der Waals surface area contributed by atoms with Gasteiger partial charge in [-0.2, -0.15) is 0 Å². The minimum atomic E-state index is -0.643. The molecule has 6 nitrogen and oxygen atoms in total. The van der Waals surface area contributed by atoms with Crippen LogP contribution in [0, 0.1) is 0 Å². The molecule has 1 aromatic carbocycles. The third kappa shape index (κ3) is 4.15. The van der Waals surface area contributed by atoms with Crippen LogP contribution >= 0.6 is 0 Å². The zero-order valence-electron chi connectivity index (χ0n) is 12.2. The van der Waals surface area contributed by atoms with E-state index in [0.717, 1.165) is 0 Å². The normalized spacial score (nSPS) is 11.8. The van der Waals surface area contributed by atoms with Crippen molar-refractivity contribution in [3.05, 3.63) is 23.8 Å². The second kappa shape index (κ2) is 6.79. The van der Waals surface area contributed by atoms with Crippen LogP contribution in [-0.4, -0.2) is 31.0 Å². The summed E-state index contributed by atoms with van der Waals surface area (Å²) in [6, 6.07) is 4.15. The first-order valence-electron chi connectivity index (χ1n) is 6.40. The average Bonchev–Trinajstić information content (AvgIpc) is 2.37. The number of nitrogens with two attached hydrogens (primary N) is 1. The highest BCUT2D eigenvalue weighted by atomic mass is 16.5. The molecule has 0 aliphatic rings. The molecule has 0 fully saturated rings. The van der Waals surface area contributed by atoms with Crippen LogP contribution in [0.2, 0.25) is 0 Å². The van der Waals surface area contributed by atoms with Gasteiger partial charge in [0.2, 0.25) is 5.91 Å². The highest BCUT2D eigenvalue weighted by molar-refractivity contribution is 6.00. The van der Waals surface area contributed by atoms with Gasteiger partial charge in [0.15, 0.2) is 0 Å². The Morgan fingerprint density at radius 3 is 2.40 bits per heavy atom. The number of methoxy groups -OCH3 is 1. The van der Waals surface area contributed by atoms with Crippen molar-refractivity contribution in [1.29, 1.82) is 0 Å². The summed E-state index contributed by atoms with van der Waals surface area (Å²) in [4.78, 5) is 23.9. The number of rotatable bonds is 5. The van der Waals surface area contributed by atoms with Crippen LogP contribution in [0.15, 0.2) is 18.2 Å². The first-order chi connectivity index (χ1) is 9.35. The van der Waals surface area contributed by atoms with Gasteiger partial charge in [-0.3, -0.25) is 9.59 Å². The van der Waals surface area contributed by atoms with Crippen molar-refractivity contribution in [2.24, 2.45) is 0 Å². The van der Waals surface area contributed by atoms with Crippen molar-refractivity contribution >= 4 is 17.5 Å². The Morgan fingerprint density at radius 1 is 1.20 bits per heavy atom. The van der Waals surface area contributed by atoms with Gasteiger partial charge in [0, 0.05) is 11.7 Å². The van der Waals surface area contributed by atoms with E-state index in [2.05, 4.69) is 10.6 Å². The minimum Gasteiger partial charge on any atom is -0.496 e. The third-order valence-electron chi connectivity index (χ3n) is 2.64. The van der Waals surface area contributed by atoms with Gasteiger partial charge in [-0.1, -0.05) is 0 Å². The van der Waals surface area contributed by atoms with Crippen molar-refractivity contribution in [3.8, 4) is 5.75 Å². The molecule has 0 heterocycles. The van der Waals surface area contributed by atoms with Gasteiger partial charge >= 0.3 is 0 Å². The van der Waals surface area contributed by atoms with E-state index in [1.54, 1.807) is 19.1 Å². The molecular weight excluding hydrogens is 258 g/mol. The lowest BCUT2D eigenvalue weighted by Crippen LogP contribution is -2.46. The molecule has 1 rings (SSSR count). The van der Waals surface area contributed by atoms with E-state index >= 15 is 0 Å². The smallest absolute Gasteiger partial charge is 0.255 e. The summed E-state index contributed by atoms with van der Waals surface area (Å²) < 4.78 is 5.11. The molecule has 0 saturated carbocycles. The van der Waals surface area contributed by atoms with Gasteiger partial charge < -0.3 is 21.1 Å². The zero-order chi connectivity index (χ0) is 15.3. The molecule has 0 spiro atoms. The van der Waals surface area contributed by atoms with Crippen LogP contribution < -0.4 is 21.1 Å². The molecule has 0 aliphatic carbocycles. The van der Waals surface area contributed by atoms with Crippen molar-refractivity contribution in [3.63, 3.8) is 0 Å². The Labute approximate surface area is 118 Å². The summed E-state index contributed by atoms with van der Waals surface area (Å²) in [7, 11) is 1.47. The van der Waals surface area contributed by atoms with Crippen LogP contribution in [-0.2, 0) is 4.79 Å². The van der Waals surface area contributed by atoms with Crippen LogP contribution in [0.25, 0.3) is 0 Å². The van der Waals surface area contributed by atoms with Gasteiger partial charge in [0.1, 0.15) is 11.8 Å². The number of nitrogens with one attached hydrogen (secondary N) is 2. The third-order valence-corrected chi connectivity index (χ3v) is 2.64. The van der Waals surface area contributed by atoms with E-state index in [-0.39, 0.29) is 11.9 Å². The number of benzene rings is 1. The molecule has 0 bridgehead atoms. The summed E-state index contributed by atoms with van der Waals surface area (Å²) in [5.74, 6) is -0.232. The Hall–Kier alpha value is -2.24. The van der Waals surface area contributed by atoms with Crippen molar-refractivity contribution < 1.29 is 14.3 Å². The van der Waals surface area contributed by atoms with E-state index in [1.807, 2.05) is 13.8 Å². The monoisotopic (exact) mass is 279 g/mol. The molecule has 0 saturated heterocycles. The van der Waals surface area contributed by atoms with E-state index in [9.17, 15) is 9.59 Å². The average molecular weight is 279 g/mol. The fourth-order valence-corrected chi connectivity index (χ4v) is 1.65. The molecule has 0 radical (unpaired) electrons. The molecular formula is C14H21N3O3. The molecule has 1 aromatic rings. The van der Waals surface area contributed by atoms with Gasteiger partial charge in [-0.25, -0.2) is 0 Å². The Balaban J connectivity index is 2.81. The summed E-state index contributed by atoms with van der Waals surface area (Å²) in [6.45, 7) is 5.33. The number of carbonyl (C=O) groups excluding carboxylic acids is 2. The lowest BCUT2D eigenvalue weighted by atomic mass is 10.1. The van der Waals surface area contributed by atoms with Crippen LogP contribution in [0.4, 0.5) is 5.69 Å². The maximum atomic E-state index is 12.2. The number of amides is 2. The van der Waals surface area contributed by atoms with Crippen LogP contribution in [0.1, 0.15) is 31.1 Å². The molecule has 0 aromatic heterocycles. The van der Waals surface area contributed by atoms with Gasteiger partial charge in [0.25, 0.3) is 5.91 Å². The second-order valence-corrected chi connectivity index (χ2v) is 4.82. The SMILES string of the molecule is COc1ccc(N)cc1C(=O)NC(C)C(=O)NC(C)C. The van der Waals surface area contributed by atoms with Crippen LogP contribution in [0.3, 0.4) is 0 Å². The Kier molecular flexibility index (Phi) is 5.37. The predicted octanol–water partition coefficient (Wildman–Crippen LogP) is 0.920.